The minimum atomic E-state index is 0.611. The smallest absolute Gasteiger partial charge is 0.101 e. The summed E-state index contributed by atoms with van der Waals surface area (Å²) < 4.78 is 4.48. The van der Waals surface area contributed by atoms with Crippen molar-refractivity contribution in [1.82, 2.24) is 9.13 Å². The molecule has 0 N–H and O–H groups in total. The molecule has 0 amide bonds. The van der Waals surface area contributed by atoms with Gasteiger partial charge in [0.1, 0.15) is 6.07 Å². The molecule has 7 aromatic carbocycles. The number of benzene rings is 7. The molecular formula is C44H26N4. The van der Waals surface area contributed by atoms with Crippen molar-refractivity contribution in [3.8, 4) is 45.8 Å². The summed E-state index contributed by atoms with van der Waals surface area (Å²) in [6.45, 7) is 0. The Labute approximate surface area is 277 Å². The minimum absolute atomic E-state index is 0.611. The van der Waals surface area contributed by atoms with E-state index in [1.54, 1.807) is 0 Å². The Morgan fingerprint density at radius 3 is 1.62 bits per heavy atom. The van der Waals surface area contributed by atoms with Crippen LogP contribution in [0.2, 0.25) is 0 Å². The second-order valence-electron chi connectivity index (χ2n) is 12.0. The molecule has 4 nitrogen and oxygen atoms in total. The molecule has 0 saturated carbocycles. The molecule has 0 bridgehead atoms. The SMILES string of the molecule is N#Cc1ccc(-c2ccccc2-c2ccc(-n3c4ccccc4c4cccc(C#N)c43)cc2)c(-n2c3ccccc3c3ccccc32)c1. The molecule has 0 aliphatic carbocycles. The van der Waals surface area contributed by atoms with E-state index in [0.29, 0.717) is 11.1 Å². The number of nitriles is 2. The van der Waals surface area contributed by atoms with Crippen LogP contribution in [0.15, 0.2) is 158 Å². The van der Waals surface area contributed by atoms with E-state index in [2.05, 4.69) is 143 Å². The highest BCUT2D eigenvalue weighted by Crippen LogP contribution is 2.41. The summed E-state index contributed by atoms with van der Waals surface area (Å²) in [4.78, 5) is 0. The lowest BCUT2D eigenvalue weighted by atomic mass is 9.92. The van der Waals surface area contributed by atoms with Crippen molar-refractivity contribution in [2.24, 2.45) is 0 Å². The predicted molar refractivity (Wildman–Crippen MR) is 195 cm³/mol. The van der Waals surface area contributed by atoms with E-state index in [-0.39, 0.29) is 0 Å². The van der Waals surface area contributed by atoms with E-state index in [1.165, 1.54) is 10.8 Å². The first-order valence-corrected chi connectivity index (χ1v) is 15.9. The van der Waals surface area contributed by atoms with Gasteiger partial charge in [-0.3, -0.25) is 0 Å². The number of aromatic nitrogens is 2. The second kappa shape index (κ2) is 10.9. The Balaban J connectivity index is 1.24. The lowest BCUT2D eigenvalue weighted by Gasteiger charge is -2.18. The molecule has 0 fully saturated rings. The quantitative estimate of drug-likeness (QED) is 0.199. The Kier molecular flexibility index (Phi) is 6.22. The Morgan fingerprint density at radius 2 is 0.979 bits per heavy atom. The van der Waals surface area contributed by atoms with Gasteiger partial charge >= 0.3 is 0 Å². The van der Waals surface area contributed by atoms with E-state index in [1.807, 2.05) is 36.4 Å². The Hall–Kier alpha value is -6.88. The maximum Gasteiger partial charge on any atom is 0.101 e. The fraction of sp³-hybridized carbons (Fsp3) is 0. The first kappa shape index (κ1) is 27.4. The molecule has 4 heteroatoms. The van der Waals surface area contributed by atoms with Crippen LogP contribution in [0, 0.1) is 22.7 Å². The molecule has 2 aromatic heterocycles. The summed E-state index contributed by atoms with van der Waals surface area (Å²) >= 11 is 0. The average molecular weight is 611 g/mol. The molecule has 9 aromatic rings. The summed E-state index contributed by atoms with van der Waals surface area (Å²) in [5, 5.41) is 24.5. The zero-order valence-corrected chi connectivity index (χ0v) is 25.8. The summed E-state index contributed by atoms with van der Waals surface area (Å²) in [5.41, 5.74) is 11.7. The first-order chi connectivity index (χ1) is 23.7. The molecule has 0 aliphatic heterocycles. The van der Waals surface area contributed by atoms with Crippen molar-refractivity contribution < 1.29 is 0 Å². The van der Waals surface area contributed by atoms with Gasteiger partial charge in [-0.2, -0.15) is 10.5 Å². The number of rotatable bonds is 4. The zero-order chi connectivity index (χ0) is 32.2. The molecular weight excluding hydrogens is 585 g/mol. The molecule has 222 valence electrons. The maximum atomic E-state index is 10.0. The number of fused-ring (bicyclic) bond motifs is 6. The van der Waals surface area contributed by atoms with E-state index in [0.717, 1.165) is 66.5 Å². The van der Waals surface area contributed by atoms with Gasteiger partial charge in [-0.15, -0.1) is 0 Å². The van der Waals surface area contributed by atoms with Crippen molar-refractivity contribution in [1.29, 1.82) is 10.5 Å². The van der Waals surface area contributed by atoms with Gasteiger partial charge in [0, 0.05) is 32.8 Å². The van der Waals surface area contributed by atoms with Crippen molar-refractivity contribution >= 4 is 43.6 Å². The number of nitrogens with zero attached hydrogens (tertiary/aromatic N) is 4. The molecule has 0 spiro atoms. The monoisotopic (exact) mass is 610 g/mol. The van der Waals surface area contributed by atoms with Crippen LogP contribution in [0.3, 0.4) is 0 Å². The molecule has 0 aliphatic rings. The topological polar surface area (TPSA) is 57.4 Å². The van der Waals surface area contributed by atoms with Gasteiger partial charge in [-0.25, -0.2) is 0 Å². The van der Waals surface area contributed by atoms with Gasteiger partial charge < -0.3 is 9.13 Å². The average Bonchev–Trinajstić information content (AvgIpc) is 3.68. The van der Waals surface area contributed by atoms with E-state index in [9.17, 15) is 10.5 Å². The molecule has 0 unspecified atom stereocenters. The van der Waals surface area contributed by atoms with E-state index in [4.69, 9.17) is 0 Å². The van der Waals surface area contributed by atoms with Crippen LogP contribution in [0.25, 0.3) is 77.2 Å². The summed E-state index contributed by atoms with van der Waals surface area (Å²) in [7, 11) is 0. The van der Waals surface area contributed by atoms with Crippen LogP contribution in [0.1, 0.15) is 11.1 Å². The highest BCUT2D eigenvalue weighted by atomic mass is 15.0. The Bertz CT molecular complexity index is 2750. The third-order valence-corrected chi connectivity index (χ3v) is 9.42. The number of para-hydroxylation sites is 4. The lowest BCUT2D eigenvalue weighted by Crippen LogP contribution is -1.99. The van der Waals surface area contributed by atoms with Gasteiger partial charge in [-0.1, -0.05) is 109 Å². The summed E-state index contributed by atoms with van der Waals surface area (Å²) in [6, 6.07) is 59.0. The number of hydrogen-bond donors (Lipinski definition) is 0. The van der Waals surface area contributed by atoms with Crippen LogP contribution in [-0.4, -0.2) is 9.13 Å². The highest BCUT2D eigenvalue weighted by molar-refractivity contribution is 6.11. The van der Waals surface area contributed by atoms with Crippen molar-refractivity contribution in [2.75, 3.05) is 0 Å². The van der Waals surface area contributed by atoms with Gasteiger partial charge in [0.25, 0.3) is 0 Å². The molecule has 9 rings (SSSR count). The van der Waals surface area contributed by atoms with Gasteiger partial charge in [-0.05, 0) is 65.2 Å². The highest BCUT2D eigenvalue weighted by Gasteiger charge is 2.19. The summed E-state index contributed by atoms with van der Waals surface area (Å²) in [6.07, 6.45) is 0. The van der Waals surface area contributed by atoms with Crippen LogP contribution in [0.5, 0.6) is 0 Å². The van der Waals surface area contributed by atoms with Gasteiger partial charge in [0.2, 0.25) is 0 Å². The normalized spacial score (nSPS) is 11.3. The van der Waals surface area contributed by atoms with Crippen LogP contribution in [-0.2, 0) is 0 Å². The van der Waals surface area contributed by atoms with Crippen molar-refractivity contribution in [2.45, 2.75) is 0 Å². The standard InChI is InChI=1S/C44H26N4/c45-27-29-20-25-38(43(26-29)48-41-18-7-3-13-35(41)36-14-4-8-19-42(36)48)34-12-2-1-11-33(34)30-21-23-32(24-22-30)47-40-17-6-5-15-37(40)39-16-9-10-31(28-46)44(39)47/h1-26H. The fourth-order valence-electron chi connectivity index (χ4n) is 7.33. The van der Waals surface area contributed by atoms with Crippen LogP contribution in [0.4, 0.5) is 0 Å². The molecule has 0 radical (unpaired) electrons. The third-order valence-electron chi connectivity index (χ3n) is 9.42. The van der Waals surface area contributed by atoms with E-state index < -0.39 is 0 Å². The zero-order valence-electron chi connectivity index (χ0n) is 25.8. The third kappa shape index (κ3) is 4.07. The van der Waals surface area contributed by atoms with E-state index >= 15 is 0 Å². The second-order valence-corrected chi connectivity index (χ2v) is 12.0. The first-order valence-electron chi connectivity index (χ1n) is 15.9. The minimum Gasteiger partial charge on any atom is -0.309 e. The Morgan fingerprint density at radius 1 is 0.417 bits per heavy atom. The maximum absolute atomic E-state index is 10.0. The lowest BCUT2D eigenvalue weighted by molar-refractivity contribution is 1.17. The largest absolute Gasteiger partial charge is 0.309 e. The van der Waals surface area contributed by atoms with Crippen molar-refractivity contribution in [3.05, 3.63) is 169 Å². The molecule has 0 saturated heterocycles. The van der Waals surface area contributed by atoms with Gasteiger partial charge in [0.15, 0.2) is 0 Å². The fourth-order valence-corrected chi connectivity index (χ4v) is 7.33. The van der Waals surface area contributed by atoms with Crippen LogP contribution >= 0.6 is 0 Å². The molecule has 2 heterocycles. The molecule has 48 heavy (non-hydrogen) atoms. The summed E-state index contributed by atoms with van der Waals surface area (Å²) in [5.74, 6) is 0. The predicted octanol–water partition coefficient (Wildman–Crippen LogP) is 11.0. The van der Waals surface area contributed by atoms with Crippen LogP contribution < -0.4 is 0 Å². The number of hydrogen-bond acceptors (Lipinski definition) is 2. The van der Waals surface area contributed by atoms with Crippen molar-refractivity contribution in [3.63, 3.8) is 0 Å². The molecule has 0 atom stereocenters. The van der Waals surface area contributed by atoms with Gasteiger partial charge in [0.05, 0.1) is 45.0 Å².